The van der Waals surface area contributed by atoms with E-state index in [-0.39, 0.29) is 12.1 Å². The van der Waals surface area contributed by atoms with Crippen LogP contribution in [-0.4, -0.2) is 25.2 Å². The third kappa shape index (κ3) is 3.12. The first kappa shape index (κ1) is 8.87. The van der Waals surface area contributed by atoms with Crippen molar-refractivity contribution in [3.8, 4) is 0 Å². The number of alkyl halides is 2. The standard InChI is InChI=1S/C7H13F2NO/c8-7(9)4-11-6-2-1-5(10)3-6/h5-7H,1-4,10H2/t5-,6-/m1/s1. The van der Waals surface area contributed by atoms with E-state index in [1.165, 1.54) is 0 Å². The molecule has 0 radical (unpaired) electrons. The summed E-state index contributed by atoms with van der Waals surface area (Å²) in [5.74, 6) is 0. The van der Waals surface area contributed by atoms with Crippen molar-refractivity contribution in [2.75, 3.05) is 6.61 Å². The zero-order valence-corrected chi connectivity index (χ0v) is 6.30. The minimum absolute atomic E-state index is 0.0287. The summed E-state index contributed by atoms with van der Waals surface area (Å²) in [7, 11) is 0. The highest BCUT2D eigenvalue weighted by Gasteiger charge is 2.22. The van der Waals surface area contributed by atoms with Crippen molar-refractivity contribution in [3.63, 3.8) is 0 Å². The Morgan fingerprint density at radius 2 is 2.18 bits per heavy atom. The first-order chi connectivity index (χ1) is 5.18. The molecular formula is C7H13F2NO. The molecule has 1 fully saturated rings. The SMILES string of the molecule is N[C@@H]1CC[C@@H](OCC(F)F)C1. The van der Waals surface area contributed by atoms with Gasteiger partial charge in [-0.15, -0.1) is 0 Å². The molecule has 4 heteroatoms. The Morgan fingerprint density at radius 3 is 2.64 bits per heavy atom. The normalized spacial score (nSPS) is 31.6. The third-order valence-electron chi connectivity index (χ3n) is 1.88. The van der Waals surface area contributed by atoms with Crippen LogP contribution < -0.4 is 5.73 Å². The molecule has 0 heterocycles. The third-order valence-corrected chi connectivity index (χ3v) is 1.88. The topological polar surface area (TPSA) is 35.2 Å². The minimum atomic E-state index is -2.35. The van der Waals surface area contributed by atoms with Gasteiger partial charge in [0.05, 0.1) is 6.10 Å². The van der Waals surface area contributed by atoms with Crippen LogP contribution in [0.25, 0.3) is 0 Å². The molecule has 0 saturated heterocycles. The lowest BCUT2D eigenvalue weighted by atomic mass is 10.3. The first-order valence-corrected chi connectivity index (χ1v) is 3.84. The summed E-state index contributed by atoms with van der Waals surface area (Å²) in [4.78, 5) is 0. The van der Waals surface area contributed by atoms with E-state index in [2.05, 4.69) is 0 Å². The fraction of sp³-hybridized carbons (Fsp3) is 1.00. The van der Waals surface area contributed by atoms with E-state index < -0.39 is 13.0 Å². The number of ether oxygens (including phenoxy) is 1. The van der Waals surface area contributed by atoms with Gasteiger partial charge in [0.15, 0.2) is 0 Å². The minimum Gasteiger partial charge on any atom is -0.372 e. The Hall–Kier alpha value is -0.220. The van der Waals surface area contributed by atoms with E-state index in [0.717, 1.165) is 19.3 Å². The van der Waals surface area contributed by atoms with Gasteiger partial charge in [-0.2, -0.15) is 0 Å². The van der Waals surface area contributed by atoms with E-state index in [1.807, 2.05) is 0 Å². The summed E-state index contributed by atoms with van der Waals surface area (Å²) in [6.45, 7) is -0.447. The molecule has 2 nitrogen and oxygen atoms in total. The average Bonchev–Trinajstić information content (AvgIpc) is 2.31. The predicted octanol–water partition coefficient (Wildman–Crippen LogP) is 1.15. The molecule has 0 aromatic heterocycles. The first-order valence-electron chi connectivity index (χ1n) is 3.84. The number of rotatable bonds is 3. The lowest BCUT2D eigenvalue weighted by Crippen LogP contribution is -2.19. The Kier molecular flexibility index (Phi) is 3.20. The van der Waals surface area contributed by atoms with Crippen molar-refractivity contribution in [3.05, 3.63) is 0 Å². The molecule has 1 aliphatic carbocycles. The molecule has 0 spiro atoms. The fourth-order valence-corrected chi connectivity index (χ4v) is 1.33. The van der Waals surface area contributed by atoms with Crippen LogP contribution in [0.4, 0.5) is 8.78 Å². The van der Waals surface area contributed by atoms with Crippen LogP contribution in [0.2, 0.25) is 0 Å². The highest BCUT2D eigenvalue weighted by Crippen LogP contribution is 2.20. The Morgan fingerprint density at radius 1 is 1.45 bits per heavy atom. The molecule has 0 amide bonds. The molecule has 0 bridgehead atoms. The zero-order chi connectivity index (χ0) is 8.27. The van der Waals surface area contributed by atoms with Crippen LogP contribution in [0.3, 0.4) is 0 Å². The molecular weight excluding hydrogens is 152 g/mol. The Balaban J connectivity index is 2.08. The summed E-state index contributed by atoms with van der Waals surface area (Å²) in [6.07, 6.45) is 0.0694. The van der Waals surface area contributed by atoms with Crippen LogP contribution >= 0.6 is 0 Å². The molecule has 2 N–H and O–H groups in total. The lowest BCUT2D eigenvalue weighted by molar-refractivity contribution is -0.0214. The van der Waals surface area contributed by atoms with E-state index in [9.17, 15) is 8.78 Å². The van der Waals surface area contributed by atoms with Gasteiger partial charge in [0.2, 0.25) is 0 Å². The second kappa shape index (κ2) is 3.97. The van der Waals surface area contributed by atoms with Gasteiger partial charge in [-0.05, 0) is 19.3 Å². The molecule has 0 unspecified atom stereocenters. The van der Waals surface area contributed by atoms with Gasteiger partial charge >= 0.3 is 0 Å². The molecule has 1 saturated carbocycles. The van der Waals surface area contributed by atoms with Crippen molar-refractivity contribution in [1.82, 2.24) is 0 Å². The van der Waals surface area contributed by atoms with Crippen molar-refractivity contribution < 1.29 is 13.5 Å². The zero-order valence-electron chi connectivity index (χ0n) is 6.30. The lowest BCUT2D eigenvalue weighted by Gasteiger charge is -2.10. The summed E-state index contributed by atoms with van der Waals surface area (Å²) in [5.41, 5.74) is 5.56. The van der Waals surface area contributed by atoms with Gasteiger partial charge in [-0.1, -0.05) is 0 Å². The number of nitrogens with two attached hydrogens (primary N) is 1. The summed E-state index contributed by atoms with van der Waals surface area (Å²) in [6, 6.07) is 0.151. The van der Waals surface area contributed by atoms with Crippen LogP contribution in [0, 0.1) is 0 Å². The smallest absolute Gasteiger partial charge is 0.261 e. The molecule has 0 aromatic rings. The maximum absolute atomic E-state index is 11.6. The van der Waals surface area contributed by atoms with Crippen molar-refractivity contribution in [2.24, 2.45) is 5.73 Å². The molecule has 11 heavy (non-hydrogen) atoms. The highest BCUT2D eigenvalue weighted by atomic mass is 19.3. The van der Waals surface area contributed by atoms with Gasteiger partial charge < -0.3 is 10.5 Å². The second-order valence-corrected chi connectivity index (χ2v) is 2.92. The molecule has 1 aliphatic rings. The average molecular weight is 165 g/mol. The summed E-state index contributed by atoms with van der Waals surface area (Å²) >= 11 is 0. The second-order valence-electron chi connectivity index (χ2n) is 2.92. The van der Waals surface area contributed by atoms with Crippen LogP contribution in [0.1, 0.15) is 19.3 Å². The summed E-state index contributed by atoms with van der Waals surface area (Å²) < 4.78 is 28.2. The van der Waals surface area contributed by atoms with Crippen molar-refractivity contribution >= 4 is 0 Å². The van der Waals surface area contributed by atoms with Crippen LogP contribution in [0.15, 0.2) is 0 Å². The fourth-order valence-electron chi connectivity index (χ4n) is 1.33. The van der Waals surface area contributed by atoms with E-state index in [1.54, 1.807) is 0 Å². The van der Waals surface area contributed by atoms with Gasteiger partial charge in [-0.3, -0.25) is 0 Å². The number of hydrogen-bond donors (Lipinski definition) is 1. The van der Waals surface area contributed by atoms with E-state index in [4.69, 9.17) is 10.5 Å². The Labute approximate surface area is 64.7 Å². The molecule has 0 aliphatic heterocycles. The Bertz CT molecular complexity index is 121. The largest absolute Gasteiger partial charge is 0.372 e. The van der Waals surface area contributed by atoms with E-state index in [0.29, 0.717) is 0 Å². The predicted molar refractivity (Wildman–Crippen MR) is 37.6 cm³/mol. The monoisotopic (exact) mass is 165 g/mol. The maximum atomic E-state index is 11.6. The van der Waals surface area contributed by atoms with Crippen molar-refractivity contribution in [2.45, 2.75) is 37.8 Å². The van der Waals surface area contributed by atoms with Crippen molar-refractivity contribution in [1.29, 1.82) is 0 Å². The number of hydrogen-bond acceptors (Lipinski definition) is 2. The maximum Gasteiger partial charge on any atom is 0.261 e. The van der Waals surface area contributed by atoms with Gasteiger partial charge in [0, 0.05) is 6.04 Å². The molecule has 1 rings (SSSR count). The van der Waals surface area contributed by atoms with Gasteiger partial charge in [0.1, 0.15) is 6.61 Å². The quantitative estimate of drug-likeness (QED) is 0.680. The van der Waals surface area contributed by atoms with Crippen LogP contribution in [0.5, 0.6) is 0 Å². The molecule has 0 aromatic carbocycles. The van der Waals surface area contributed by atoms with Crippen LogP contribution in [-0.2, 0) is 4.74 Å². The molecule has 66 valence electrons. The molecule has 2 atom stereocenters. The number of halogens is 2. The van der Waals surface area contributed by atoms with Gasteiger partial charge in [0.25, 0.3) is 6.43 Å². The summed E-state index contributed by atoms with van der Waals surface area (Å²) in [5, 5.41) is 0. The van der Waals surface area contributed by atoms with Gasteiger partial charge in [-0.25, -0.2) is 8.78 Å². The van der Waals surface area contributed by atoms with E-state index >= 15 is 0 Å². The highest BCUT2D eigenvalue weighted by molar-refractivity contribution is 4.78.